The molecule has 2 heterocycles. The van der Waals surface area contributed by atoms with Gasteiger partial charge in [0.15, 0.2) is 5.65 Å². The first-order chi connectivity index (χ1) is 20.8. The summed E-state index contributed by atoms with van der Waals surface area (Å²) in [7, 11) is 0. The number of benzene rings is 6. The smallest absolute Gasteiger partial charge is 0.262 e. The summed E-state index contributed by atoms with van der Waals surface area (Å²) < 4.78 is 3.56. The lowest BCUT2D eigenvalue weighted by molar-refractivity contribution is 0.932. The number of hydrogen-bond acceptors (Lipinski definition) is 2. The number of imidazole rings is 1. The molecule has 9 rings (SSSR count). The van der Waals surface area contributed by atoms with E-state index in [-0.39, 0.29) is 5.69 Å². The lowest BCUT2D eigenvalue weighted by Crippen LogP contribution is -2.25. The minimum atomic E-state index is -0.126. The summed E-state index contributed by atoms with van der Waals surface area (Å²) in [6.45, 7) is 0. The highest BCUT2D eigenvalue weighted by Crippen LogP contribution is 2.39. The lowest BCUT2D eigenvalue weighted by Gasteiger charge is -2.19. The van der Waals surface area contributed by atoms with Crippen molar-refractivity contribution >= 4 is 55.2 Å². The van der Waals surface area contributed by atoms with Crippen molar-refractivity contribution in [3.63, 3.8) is 0 Å². The predicted molar refractivity (Wildman–Crippen MR) is 174 cm³/mol. The molecule has 0 radical (unpaired) electrons. The van der Waals surface area contributed by atoms with Crippen LogP contribution in [-0.4, -0.2) is 14.0 Å². The maximum Gasteiger partial charge on any atom is 0.339 e. The Bertz CT molecular complexity index is 2480. The van der Waals surface area contributed by atoms with E-state index in [1.807, 2.05) is 59.2 Å². The van der Waals surface area contributed by atoms with Crippen molar-refractivity contribution in [3.8, 4) is 16.8 Å². The Morgan fingerprint density at radius 1 is 0.619 bits per heavy atom. The Labute approximate surface area is 241 Å². The van der Waals surface area contributed by atoms with E-state index in [9.17, 15) is 4.79 Å². The van der Waals surface area contributed by atoms with Crippen LogP contribution in [0.5, 0.6) is 0 Å². The van der Waals surface area contributed by atoms with Crippen molar-refractivity contribution in [2.45, 2.75) is 12.8 Å². The van der Waals surface area contributed by atoms with E-state index in [4.69, 9.17) is 4.98 Å². The first-order valence-electron chi connectivity index (χ1n) is 14.4. The maximum absolute atomic E-state index is 14.2. The van der Waals surface area contributed by atoms with Gasteiger partial charge in [0.05, 0.1) is 22.2 Å². The quantitative estimate of drug-likeness (QED) is 0.206. The summed E-state index contributed by atoms with van der Waals surface area (Å²) in [5.41, 5.74) is 8.79. The van der Waals surface area contributed by atoms with Crippen LogP contribution in [0.15, 0.2) is 126 Å². The molecular weight excluding hydrogens is 514 g/mol. The van der Waals surface area contributed by atoms with Gasteiger partial charge in [-0.05, 0) is 99.1 Å². The number of para-hydroxylation sites is 3. The molecule has 0 saturated carbocycles. The average Bonchev–Trinajstić information content (AvgIpc) is 3.45. The van der Waals surface area contributed by atoms with Crippen LogP contribution >= 0.6 is 0 Å². The van der Waals surface area contributed by atoms with E-state index >= 15 is 0 Å². The fourth-order valence-corrected chi connectivity index (χ4v) is 6.87. The Morgan fingerprint density at radius 3 is 2.21 bits per heavy atom. The molecule has 2 aromatic heterocycles. The summed E-state index contributed by atoms with van der Waals surface area (Å²) in [4.78, 5) is 19.1. The van der Waals surface area contributed by atoms with Gasteiger partial charge in [0, 0.05) is 5.39 Å². The molecular formula is C38H25N3O. The van der Waals surface area contributed by atoms with Crippen molar-refractivity contribution in [3.05, 3.63) is 143 Å². The Hall–Kier alpha value is -5.48. The van der Waals surface area contributed by atoms with E-state index in [1.54, 1.807) is 4.40 Å². The second-order valence-corrected chi connectivity index (χ2v) is 11.1. The standard InChI is InChI=1S/C38H25N3O/c42-38-40(26-10-2-1-3-11-26)36-23-25(19-21-32(36)37-39-34-16-8-9-17-35(34)41(37)38)24-18-20-31-29-14-5-4-12-27(29)28-13-6-7-15-30(28)33(31)22-24/h1-5,7-12,14-23H,6,13H2. The molecule has 1 aliphatic rings. The van der Waals surface area contributed by atoms with E-state index in [0.29, 0.717) is 5.65 Å². The van der Waals surface area contributed by atoms with Gasteiger partial charge in [0.25, 0.3) is 0 Å². The van der Waals surface area contributed by atoms with Gasteiger partial charge in [-0.1, -0.05) is 84.9 Å². The van der Waals surface area contributed by atoms with Gasteiger partial charge in [-0.15, -0.1) is 0 Å². The van der Waals surface area contributed by atoms with Crippen LogP contribution in [0.25, 0.3) is 72.0 Å². The fraction of sp³-hybridized carbons (Fsp3) is 0.0526. The average molecular weight is 540 g/mol. The first-order valence-corrected chi connectivity index (χ1v) is 14.4. The van der Waals surface area contributed by atoms with Crippen LogP contribution in [-0.2, 0) is 6.42 Å². The third-order valence-corrected chi connectivity index (χ3v) is 8.79. The molecule has 6 aromatic carbocycles. The molecule has 4 heteroatoms. The summed E-state index contributed by atoms with van der Waals surface area (Å²) in [5, 5.41) is 6.13. The minimum absolute atomic E-state index is 0.126. The third-order valence-electron chi connectivity index (χ3n) is 8.79. The molecule has 0 amide bonds. The first kappa shape index (κ1) is 23.2. The van der Waals surface area contributed by atoms with Gasteiger partial charge in [-0.25, -0.2) is 14.2 Å². The zero-order chi connectivity index (χ0) is 27.8. The van der Waals surface area contributed by atoms with Crippen LogP contribution < -0.4 is 5.69 Å². The van der Waals surface area contributed by atoms with Crippen molar-refractivity contribution in [1.82, 2.24) is 14.0 Å². The van der Waals surface area contributed by atoms with Crippen LogP contribution in [0.1, 0.15) is 17.5 Å². The lowest BCUT2D eigenvalue weighted by atomic mass is 9.86. The number of fused-ring (bicyclic) bond motifs is 11. The van der Waals surface area contributed by atoms with Crippen molar-refractivity contribution in [2.24, 2.45) is 0 Å². The molecule has 0 fully saturated rings. The van der Waals surface area contributed by atoms with Crippen LogP contribution in [0.3, 0.4) is 0 Å². The molecule has 0 N–H and O–H groups in total. The SMILES string of the molecule is O=c1n(-c2ccccc2)c2cc(-c3ccc4c(c3)c3c(c5ccccc54)CCC=C3)ccc2c2nc3ccccc3n12. The number of hydrogen-bond donors (Lipinski definition) is 0. The molecule has 42 heavy (non-hydrogen) atoms. The number of allylic oxidation sites excluding steroid dienone is 1. The van der Waals surface area contributed by atoms with Gasteiger partial charge in [-0.2, -0.15) is 0 Å². The fourth-order valence-electron chi connectivity index (χ4n) is 6.87. The van der Waals surface area contributed by atoms with Crippen LogP contribution in [0, 0.1) is 0 Å². The summed E-state index contributed by atoms with van der Waals surface area (Å²) in [6.07, 6.45) is 6.71. The normalized spacial score (nSPS) is 13.0. The highest BCUT2D eigenvalue weighted by Gasteiger charge is 2.19. The van der Waals surface area contributed by atoms with Crippen LogP contribution in [0.4, 0.5) is 0 Å². The molecule has 0 spiro atoms. The van der Waals surface area contributed by atoms with Gasteiger partial charge in [-0.3, -0.25) is 4.57 Å². The monoisotopic (exact) mass is 539 g/mol. The number of aryl methyl sites for hydroxylation is 1. The van der Waals surface area contributed by atoms with E-state index in [1.165, 1.54) is 32.7 Å². The van der Waals surface area contributed by atoms with Gasteiger partial charge >= 0.3 is 5.69 Å². The largest absolute Gasteiger partial charge is 0.339 e. The second-order valence-electron chi connectivity index (χ2n) is 11.1. The molecule has 8 aromatic rings. The van der Waals surface area contributed by atoms with E-state index in [2.05, 4.69) is 72.8 Å². The third kappa shape index (κ3) is 3.23. The van der Waals surface area contributed by atoms with Gasteiger partial charge < -0.3 is 0 Å². The number of aromatic nitrogens is 3. The second kappa shape index (κ2) is 8.76. The zero-order valence-corrected chi connectivity index (χ0v) is 22.8. The molecule has 198 valence electrons. The molecule has 4 nitrogen and oxygen atoms in total. The van der Waals surface area contributed by atoms with Crippen molar-refractivity contribution in [1.29, 1.82) is 0 Å². The molecule has 1 aliphatic carbocycles. The Morgan fingerprint density at radius 2 is 1.33 bits per heavy atom. The number of nitrogens with zero attached hydrogens (tertiary/aromatic N) is 3. The Balaban J connectivity index is 1.35. The van der Waals surface area contributed by atoms with Crippen molar-refractivity contribution in [2.75, 3.05) is 0 Å². The summed E-state index contributed by atoms with van der Waals surface area (Å²) in [6, 6.07) is 39.7. The Kier molecular flexibility index (Phi) is 4.85. The van der Waals surface area contributed by atoms with E-state index < -0.39 is 0 Å². The highest BCUT2D eigenvalue weighted by molar-refractivity contribution is 6.14. The summed E-state index contributed by atoms with van der Waals surface area (Å²) in [5.74, 6) is 0. The summed E-state index contributed by atoms with van der Waals surface area (Å²) >= 11 is 0. The topological polar surface area (TPSA) is 39.3 Å². The maximum atomic E-state index is 14.2. The zero-order valence-electron chi connectivity index (χ0n) is 22.8. The van der Waals surface area contributed by atoms with Crippen molar-refractivity contribution < 1.29 is 0 Å². The van der Waals surface area contributed by atoms with E-state index in [0.717, 1.165) is 51.6 Å². The van der Waals surface area contributed by atoms with Gasteiger partial charge in [0.1, 0.15) is 0 Å². The molecule has 0 saturated heterocycles. The predicted octanol–water partition coefficient (Wildman–Crippen LogP) is 8.72. The molecule has 0 bridgehead atoms. The molecule has 0 aliphatic heterocycles. The molecule has 0 unspecified atom stereocenters. The highest BCUT2D eigenvalue weighted by atomic mass is 16.1. The molecule has 0 atom stereocenters. The van der Waals surface area contributed by atoms with Gasteiger partial charge in [0.2, 0.25) is 0 Å². The number of rotatable bonds is 2. The minimum Gasteiger partial charge on any atom is -0.262 e. The van der Waals surface area contributed by atoms with Crippen LogP contribution in [0.2, 0.25) is 0 Å².